The first-order chi connectivity index (χ1) is 7.21. The quantitative estimate of drug-likeness (QED) is 0.765. The van der Waals surface area contributed by atoms with Gasteiger partial charge in [-0.1, -0.05) is 0 Å². The second-order valence-corrected chi connectivity index (χ2v) is 4.27. The molecule has 0 saturated carbocycles. The van der Waals surface area contributed by atoms with Crippen molar-refractivity contribution >= 4 is 5.78 Å². The number of ether oxygens (including phenoxy) is 1. The Bertz CT molecular complexity index is 321. The highest BCUT2D eigenvalue weighted by Crippen LogP contribution is 2.26. The summed E-state index contributed by atoms with van der Waals surface area (Å²) in [5, 5.41) is 0. The third kappa shape index (κ3) is 2.29. The van der Waals surface area contributed by atoms with Crippen molar-refractivity contribution in [3.05, 3.63) is 24.2 Å². The Morgan fingerprint density at radius 1 is 1.53 bits per heavy atom. The Kier molecular flexibility index (Phi) is 2.91. The first kappa shape index (κ1) is 10.4. The van der Waals surface area contributed by atoms with Gasteiger partial charge >= 0.3 is 0 Å². The SMILES string of the molecule is CC1(C(=O)Cc2ccoc2)CCCCO1. The van der Waals surface area contributed by atoms with E-state index in [1.54, 1.807) is 12.5 Å². The molecule has 1 atom stereocenters. The van der Waals surface area contributed by atoms with Crippen LogP contribution in [-0.4, -0.2) is 18.0 Å². The van der Waals surface area contributed by atoms with Gasteiger partial charge in [-0.2, -0.15) is 0 Å². The van der Waals surface area contributed by atoms with Crippen molar-refractivity contribution < 1.29 is 13.9 Å². The predicted molar refractivity (Wildman–Crippen MR) is 55.6 cm³/mol. The fourth-order valence-corrected chi connectivity index (χ4v) is 1.92. The molecule has 1 aliphatic heterocycles. The molecule has 1 saturated heterocycles. The number of rotatable bonds is 3. The van der Waals surface area contributed by atoms with Crippen molar-refractivity contribution in [2.45, 2.75) is 38.2 Å². The fourth-order valence-electron chi connectivity index (χ4n) is 1.92. The minimum absolute atomic E-state index is 0.156. The lowest BCUT2D eigenvalue weighted by atomic mass is 9.89. The summed E-state index contributed by atoms with van der Waals surface area (Å²) in [6, 6.07) is 1.82. The number of ketones is 1. The van der Waals surface area contributed by atoms with E-state index in [1.165, 1.54) is 0 Å². The maximum Gasteiger partial charge on any atom is 0.168 e. The van der Waals surface area contributed by atoms with E-state index in [0.717, 1.165) is 24.8 Å². The van der Waals surface area contributed by atoms with E-state index in [0.29, 0.717) is 13.0 Å². The van der Waals surface area contributed by atoms with E-state index in [2.05, 4.69) is 0 Å². The van der Waals surface area contributed by atoms with Crippen LogP contribution in [0, 0.1) is 0 Å². The largest absolute Gasteiger partial charge is 0.472 e. The minimum Gasteiger partial charge on any atom is -0.472 e. The minimum atomic E-state index is -0.574. The molecule has 82 valence electrons. The first-order valence-corrected chi connectivity index (χ1v) is 5.39. The summed E-state index contributed by atoms with van der Waals surface area (Å²) in [5.41, 5.74) is 0.352. The molecule has 2 rings (SSSR count). The first-order valence-electron chi connectivity index (χ1n) is 5.39. The summed E-state index contributed by atoms with van der Waals surface area (Å²) < 4.78 is 10.5. The Hall–Kier alpha value is -1.09. The number of carbonyl (C=O) groups is 1. The van der Waals surface area contributed by atoms with Crippen LogP contribution in [0.2, 0.25) is 0 Å². The van der Waals surface area contributed by atoms with Crippen LogP contribution in [0.1, 0.15) is 31.7 Å². The van der Waals surface area contributed by atoms with Crippen LogP contribution < -0.4 is 0 Å². The fraction of sp³-hybridized carbons (Fsp3) is 0.583. The highest BCUT2D eigenvalue weighted by Gasteiger charge is 2.35. The molecule has 0 aromatic carbocycles. The van der Waals surface area contributed by atoms with Crippen LogP contribution in [0.5, 0.6) is 0 Å². The molecule has 1 fully saturated rings. The summed E-state index contributed by atoms with van der Waals surface area (Å²) in [6.07, 6.45) is 6.59. The zero-order valence-corrected chi connectivity index (χ0v) is 8.99. The highest BCUT2D eigenvalue weighted by atomic mass is 16.5. The molecule has 0 amide bonds. The van der Waals surface area contributed by atoms with Crippen LogP contribution in [0.3, 0.4) is 0 Å². The second kappa shape index (κ2) is 4.19. The standard InChI is InChI=1S/C12H16O3/c1-12(5-2-3-6-15-12)11(13)8-10-4-7-14-9-10/h4,7,9H,2-3,5-6,8H2,1H3. The normalized spacial score (nSPS) is 26.5. The van der Waals surface area contributed by atoms with Crippen LogP contribution in [-0.2, 0) is 16.0 Å². The molecule has 1 aliphatic rings. The summed E-state index contributed by atoms with van der Waals surface area (Å²) in [5.74, 6) is 0.156. The van der Waals surface area contributed by atoms with Crippen LogP contribution in [0.25, 0.3) is 0 Å². The van der Waals surface area contributed by atoms with Gasteiger partial charge < -0.3 is 9.15 Å². The monoisotopic (exact) mass is 208 g/mol. The third-order valence-electron chi connectivity index (χ3n) is 3.00. The number of hydrogen-bond acceptors (Lipinski definition) is 3. The summed E-state index contributed by atoms with van der Waals surface area (Å²) in [7, 11) is 0. The number of Topliss-reactive ketones (excluding diaryl/α,β-unsaturated/α-hetero) is 1. The van der Waals surface area contributed by atoms with Gasteiger partial charge in [-0.05, 0) is 37.8 Å². The average Bonchev–Trinajstić information content (AvgIpc) is 2.71. The van der Waals surface area contributed by atoms with E-state index in [4.69, 9.17) is 9.15 Å². The average molecular weight is 208 g/mol. The van der Waals surface area contributed by atoms with Gasteiger partial charge in [0, 0.05) is 13.0 Å². The molecule has 0 radical (unpaired) electrons. The lowest BCUT2D eigenvalue weighted by molar-refractivity contribution is -0.147. The third-order valence-corrected chi connectivity index (χ3v) is 3.00. The molecular formula is C12H16O3. The molecule has 0 aliphatic carbocycles. The summed E-state index contributed by atoms with van der Waals surface area (Å²) in [4.78, 5) is 12.0. The molecule has 0 N–H and O–H groups in total. The maximum absolute atomic E-state index is 12.0. The zero-order valence-electron chi connectivity index (χ0n) is 8.99. The van der Waals surface area contributed by atoms with Crippen LogP contribution in [0.15, 0.2) is 23.0 Å². The topological polar surface area (TPSA) is 39.4 Å². The highest BCUT2D eigenvalue weighted by molar-refractivity contribution is 5.88. The summed E-state index contributed by atoms with van der Waals surface area (Å²) >= 11 is 0. The van der Waals surface area contributed by atoms with E-state index in [-0.39, 0.29) is 5.78 Å². The van der Waals surface area contributed by atoms with E-state index in [1.807, 2.05) is 13.0 Å². The van der Waals surface area contributed by atoms with Crippen LogP contribution >= 0.6 is 0 Å². The smallest absolute Gasteiger partial charge is 0.168 e. The number of carbonyl (C=O) groups excluding carboxylic acids is 1. The maximum atomic E-state index is 12.0. The van der Waals surface area contributed by atoms with Crippen molar-refractivity contribution in [1.82, 2.24) is 0 Å². The molecule has 3 nitrogen and oxygen atoms in total. The van der Waals surface area contributed by atoms with Gasteiger partial charge in [-0.25, -0.2) is 0 Å². The molecule has 0 spiro atoms. The Labute approximate surface area is 89.4 Å². The second-order valence-electron chi connectivity index (χ2n) is 4.27. The van der Waals surface area contributed by atoms with Crippen molar-refractivity contribution in [2.24, 2.45) is 0 Å². The molecule has 2 heterocycles. The molecule has 3 heteroatoms. The van der Waals surface area contributed by atoms with Gasteiger partial charge in [0.15, 0.2) is 5.78 Å². The van der Waals surface area contributed by atoms with Gasteiger partial charge in [0.05, 0.1) is 12.5 Å². The van der Waals surface area contributed by atoms with Crippen molar-refractivity contribution in [2.75, 3.05) is 6.61 Å². The predicted octanol–water partition coefficient (Wildman–Crippen LogP) is 2.35. The molecule has 1 aromatic heterocycles. The molecule has 1 aromatic rings. The summed E-state index contributed by atoms with van der Waals surface area (Å²) in [6.45, 7) is 2.60. The van der Waals surface area contributed by atoms with Crippen molar-refractivity contribution in [1.29, 1.82) is 0 Å². The van der Waals surface area contributed by atoms with Gasteiger partial charge in [0.25, 0.3) is 0 Å². The molecule has 0 bridgehead atoms. The number of hydrogen-bond donors (Lipinski definition) is 0. The molecule has 1 unspecified atom stereocenters. The Morgan fingerprint density at radius 3 is 3.00 bits per heavy atom. The Morgan fingerprint density at radius 2 is 2.40 bits per heavy atom. The van der Waals surface area contributed by atoms with Crippen LogP contribution in [0.4, 0.5) is 0 Å². The molecule has 15 heavy (non-hydrogen) atoms. The van der Waals surface area contributed by atoms with E-state index in [9.17, 15) is 4.79 Å². The zero-order chi connectivity index (χ0) is 10.7. The lowest BCUT2D eigenvalue weighted by Crippen LogP contribution is -2.42. The van der Waals surface area contributed by atoms with Gasteiger partial charge in [0.2, 0.25) is 0 Å². The molecular weight excluding hydrogens is 192 g/mol. The Balaban J connectivity index is 2.00. The van der Waals surface area contributed by atoms with Gasteiger partial charge in [-0.3, -0.25) is 4.79 Å². The number of furan rings is 1. The van der Waals surface area contributed by atoms with Crippen molar-refractivity contribution in [3.8, 4) is 0 Å². The lowest BCUT2D eigenvalue weighted by Gasteiger charge is -2.32. The van der Waals surface area contributed by atoms with Crippen molar-refractivity contribution in [3.63, 3.8) is 0 Å². The van der Waals surface area contributed by atoms with Gasteiger partial charge in [-0.15, -0.1) is 0 Å². The van der Waals surface area contributed by atoms with E-state index >= 15 is 0 Å². The van der Waals surface area contributed by atoms with Gasteiger partial charge in [0.1, 0.15) is 5.60 Å². The van der Waals surface area contributed by atoms with E-state index < -0.39 is 5.60 Å².